The molecule has 118 valence electrons. The largest absolute Gasteiger partial charge is 0.453 e. The van der Waals surface area contributed by atoms with Crippen LogP contribution in [0.25, 0.3) is 0 Å². The zero-order chi connectivity index (χ0) is 15.9. The van der Waals surface area contributed by atoms with Gasteiger partial charge >= 0.3 is 5.97 Å². The molecule has 2 aromatic rings. The van der Waals surface area contributed by atoms with Crippen molar-refractivity contribution in [2.75, 3.05) is 0 Å². The highest BCUT2D eigenvalue weighted by molar-refractivity contribution is 7.10. The van der Waals surface area contributed by atoms with E-state index in [0.717, 1.165) is 11.3 Å². The van der Waals surface area contributed by atoms with Crippen LogP contribution >= 0.6 is 11.3 Å². The van der Waals surface area contributed by atoms with E-state index in [-0.39, 0.29) is 12.1 Å². The predicted octanol–water partition coefficient (Wildman–Crippen LogP) is 5.96. The Bertz CT molecular complexity index is 572. The smallest absolute Gasteiger partial charge is 0.338 e. The Labute approximate surface area is 137 Å². The van der Waals surface area contributed by atoms with E-state index in [1.54, 1.807) is 11.3 Å². The normalized spacial score (nSPS) is 13.6. The Balaban J connectivity index is 2.01. The van der Waals surface area contributed by atoms with Crippen molar-refractivity contribution in [1.29, 1.82) is 0 Å². The minimum atomic E-state index is -0.254. The first-order valence-corrected chi connectivity index (χ1v) is 8.88. The fraction of sp³-hybridized carbons (Fsp3) is 0.421. The predicted molar refractivity (Wildman–Crippen MR) is 92.5 cm³/mol. The lowest BCUT2D eigenvalue weighted by Gasteiger charge is -2.15. The maximum absolute atomic E-state index is 12.2. The van der Waals surface area contributed by atoms with Crippen molar-refractivity contribution < 1.29 is 9.53 Å². The van der Waals surface area contributed by atoms with Gasteiger partial charge in [-0.15, -0.1) is 11.3 Å². The minimum Gasteiger partial charge on any atom is -0.453 e. The fourth-order valence-electron chi connectivity index (χ4n) is 2.66. The molecular formula is C19H24O2S. The lowest BCUT2D eigenvalue weighted by Crippen LogP contribution is -2.08. The zero-order valence-electron chi connectivity index (χ0n) is 13.5. The second-order valence-corrected chi connectivity index (χ2v) is 6.56. The number of rotatable bonds is 7. The summed E-state index contributed by atoms with van der Waals surface area (Å²) in [7, 11) is 0. The van der Waals surface area contributed by atoms with Gasteiger partial charge in [0, 0.05) is 4.88 Å². The van der Waals surface area contributed by atoms with Gasteiger partial charge in [0.15, 0.2) is 0 Å². The monoisotopic (exact) mass is 316 g/mol. The number of benzene rings is 1. The number of hydrogen-bond acceptors (Lipinski definition) is 3. The van der Waals surface area contributed by atoms with Gasteiger partial charge in [-0.1, -0.05) is 38.5 Å². The lowest BCUT2D eigenvalue weighted by atomic mass is 9.91. The molecule has 22 heavy (non-hydrogen) atoms. The first kappa shape index (κ1) is 16.8. The van der Waals surface area contributed by atoms with Crippen molar-refractivity contribution in [3.63, 3.8) is 0 Å². The molecule has 0 N–H and O–H groups in total. The maximum Gasteiger partial charge on any atom is 0.338 e. The zero-order valence-corrected chi connectivity index (χ0v) is 14.4. The summed E-state index contributed by atoms with van der Waals surface area (Å²) in [4.78, 5) is 13.3. The van der Waals surface area contributed by atoms with E-state index in [0.29, 0.717) is 11.5 Å². The highest BCUT2D eigenvalue weighted by Crippen LogP contribution is 2.26. The number of carbonyl (C=O) groups excluding carboxylic acids is 1. The van der Waals surface area contributed by atoms with E-state index < -0.39 is 0 Å². The lowest BCUT2D eigenvalue weighted by molar-refractivity contribution is 0.0345. The van der Waals surface area contributed by atoms with E-state index in [2.05, 4.69) is 26.0 Å². The average molecular weight is 316 g/mol. The Kier molecular flexibility index (Phi) is 6.20. The molecule has 2 unspecified atom stereocenters. The molecule has 2 atom stereocenters. The Hall–Kier alpha value is -1.61. The molecule has 0 aliphatic heterocycles. The molecule has 0 saturated heterocycles. The second-order valence-electron chi connectivity index (χ2n) is 5.58. The van der Waals surface area contributed by atoms with Crippen molar-refractivity contribution in [1.82, 2.24) is 0 Å². The molecule has 2 rings (SSSR count). The number of carbonyl (C=O) groups is 1. The standard InChI is InChI=1S/C19H24O2S/c1-4-7-15(5-2)16-9-11-17(12-10-16)19(20)21-14(3)18-8-6-13-22-18/h6,8-15H,4-5,7H2,1-3H3. The van der Waals surface area contributed by atoms with Gasteiger partial charge < -0.3 is 4.74 Å². The minimum absolute atomic E-state index is 0.198. The third-order valence-electron chi connectivity index (χ3n) is 3.98. The van der Waals surface area contributed by atoms with Crippen LogP contribution in [0.1, 0.15) is 72.9 Å². The molecule has 0 aliphatic carbocycles. The molecule has 1 aromatic carbocycles. The van der Waals surface area contributed by atoms with Crippen molar-refractivity contribution in [2.24, 2.45) is 0 Å². The summed E-state index contributed by atoms with van der Waals surface area (Å²) >= 11 is 1.61. The molecular weight excluding hydrogens is 292 g/mol. The maximum atomic E-state index is 12.2. The third kappa shape index (κ3) is 4.20. The van der Waals surface area contributed by atoms with Crippen molar-refractivity contribution in [3.05, 3.63) is 57.8 Å². The Morgan fingerprint density at radius 1 is 1.18 bits per heavy atom. The molecule has 3 heteroatoms. The highest BCUT2D eigenvalue weighted by Gasteiger charge is 2.15. The van der Waals surface area contributed by atoms with Crippen LogP contribution in [0.3, 0.4) is 0 Å². The summed E-state index contributed by atoms with van der Waals surface area (Å²) in [6.07, 6.45) is 3.30. The summed E-state index contributed by atoms with van der Waals surface area (Å²) in [6.45, 7) is 6.33. The van der Waals surface area contributed by atoms with Gasteiger partial charge in [-0.2, -0.15) is 0 Å². The second kappa shape index (κ2) is 8.14. The summed E-state index contributed by atoms with van der Waals surface area (Å²) in [5.41, 5.74) is 1.94. The number of ether oxygens (including phenoxy) is 1. The number of esters is 1. The number of hydrogen-bond donors (Lipinski definition) is 0. The van der Waals surface area contributed by atoms with Crippen LogP contribution in [0.2, 0.25) is 0 Å². The van der Waals surface area contributed by atoms with Crippen LogP contribution in [0.4, 0.5) is 0 Å². The van der Waals surface area contributed by atoms with E-state index in [9.17, 15) is 4.79 Å². The van der Waals surface area contributed by atoms with Crippen LogP contribution in [-0.4, -0.2) is 5.97 Å². The topological polar surface area (TPSA) is 26.3 Å². The number of thiophene rings is 1. The summed E-state index contributed by atoms with van der Waals surface area (Å²) in [5, 5.41) is 1.99. The molecule has 0 fully saturated rings. The van der Waals surface area contributed by atoms with Gasteiger partial charge in [-0.3, -0.25) is 0 Å². The van der Waals surface area contributed by atoms with Crippen LogP contribution in [0.5, 0.6) is 0 Å². The van der Waals surface area contributed by atoms with Crippen molar-refractivity contribution in [2.45, 2.75) is 52.1 Å². The van der Waals surface area contributed by atoms with Gasteiger partial charge in [-0.25, -0.2) is 4.79 Å². The van der Waals surface area contributed by atoms with E-state index in [1.165, 1.54) is 18.4 Å². The quantitative estimate of drug-likeness (QED) is 0.589. The van der Waals surface area contributed by atoms with Crippen LogP contribution in [0, 0.1) is 0 Å². The van der Waals surface area contributed by atoms with Crippen molar-refractivity contribution in [3.8, 4) is 0 Å². The SMILES string of the molecule is CCCC(CC)c1ccc(C(=O)OC(C)c2cccs2)cc1. The summed E-state index contributed by atoms with van der Waals surface area (Å²) in [5.74, 6) is 0.330. The molecule has 0 radical (unpaired) electrons. The first-order chi connectivity index (χ1) is 10.7. The molecule has 2 nitrogen and oxygen atoms in total. The van der Waals surface area contributed by atoms with Gasteiger partial charge in [0.05, 0.1) is 5.56 Å². The summed E-state index contributed by atoms with van der Waals surface area (Å²) in [6, 6.07) is 11.9. The summed E-state index contributed by atoms with van der Waals surface area (Å²) < 4.78 is 5.53. The molecule has 0 bridgehead atoms. The van der Waals surface area contributed by atoms with Crippen LogP contribution in [0.15, 0.2) is 41.8 Å². The highest BCUT2D eigenvalue weighted by atomic mass is 32.1. The molecule has 1 heterocycles. The average Bonchev–Trinajstić information content (AvgIpc) is 3.07. The van der Waals surface area contributed by atoms with Crippen LogP contribution < -0.4 is 0 Å². The van der Waals surface area contributed by atoms with Gasteiger partial charge in [0.1, 0.15) is 6.10 Å². The molecule has 0 amide bonds. The molecule has 0 aliphatic rings. The van der Waals surface area contributed by atoms with Gasteiger partial charge in [-0.05, 0) is 54.8 Å². The van der Waals surface area contributed by atoms with E-state index in [1.807, 2.05) is 36.6 Å². The van der Waals surface area contributed by atoms with Gasteiger partial charge in [0.25, 0.3) is 0 Å². The fourth-order valence-corrected chi connectivity index (χ4v) is 3.37. The van der Waals surface area contributed by atoms with E-state index in [4.69, 9.17) is 4.74 Å². The molecule has 0 spiro atoms. The Morgan fingerprint density at radius 3 is 2.45 bits per heavy atom. The van der Waals surface area contributed by atoms with Gasteiger partial charge in [0.2, 0.25) is 0 Å². The molecule has 0 saturated carbocycles. The van der Waals surface area contributed by atoms with Crippen molar-refractivity contribution >= 4 is 17.3 Å². The molecule has 1 aromatic heterocycles. The third-order valence-corrected chi connectivity index (χ3v) is 5.01. The van der Waals surface area contributed by atoms with Crippen LogP contribution in [-0.2, 0) is 4.74 Å². The Morgan fingerprint density at radius 2 is 1.91 bits per heavy atom. The van der Waals surface area contributed by atoms with E-state index >= 15 is 0 Å². The first-order valence-electron chi connectivity index (χ1n) is 8.00.